The largest absolute Gasteiger partial charge is 0.370 e. The summed E-state index contributed by atoms with van der Waals surface area (Å²) >= 11 is 0. The zero-order chi connectivity index (χ0) is 17.2. The van der Waals surface area contributed by atoms with E-state index in [1.165, 1.54) is 37.7 Å². The van der Waals surface area contributed by atoms with Crippen LogP contribution in [-0.2, 0) is 11.2 Å². The summed E-state index contributed by atoms with van der Waals surface area (Å²) in [6.45, 7) is 3.14. The second kappa shape index (κ2) is 9.96. The predicted molar refractivity (Wildman–Crippen MR) is 100 cm³/mol. The summed E-state index contributed by atoms with van der Waals surface area (Å²) in [4.78, 5) is 16.2. The molecule has 2 rings (SSSR count). The van der Waals surface area contributed by atoms with E-state index in [4.69, 9.17) is 5.73 Å². The Bertz CT molecular complexity index is 550. The number of hydrogen-bond donors (Lipinski definition) is 3. The van der Waals surface area contributed by atoms with Crippen molar-refractivity contribution in [2.24, 2.45) is 16.6 Å². The molecule has 24 heavy (non-hydrogen) atoms. The molecule has 0 atom stereocenters. The van der Waals surface area contributed by atoms with E-state index < -0.39 is 0 Å². The van der Waals surface area contributed by atoms with Crippen molar-refractivity contribution < 1.29 is 4.79 Å². The van der Waals surface area contributed by atoms with Gasteiger partial charge in [0.25, 0.3) is 0 Å². The lowest BCUT2D eigenvalue weighted by atomic mass is 9.87. The number of nitrogens with two attached hydrogens (primary N) is 1. The Morgan fingerprint density at radius 2 is 2.08 bits per heavy atom. The summed E-state index contributed by atoms with van der Waals surface area (Å²) < 4.78 is 0. The maximum absolute atomic E-state index is 11.9. The Balaban J connectivity index is 1.66. The quantitative estimate of drug-likeness (QED) is 0.408. The first kappa shape index (κ1) is 18.3. The zero-order valence-corrected chi connectivity index (χ0v) is 14.7. The highest BCUT2D eigenvalue weighted by Gasteiger charge is 2.16. The van der Waals surface area contributed by atoms with Gasteiger partial charge in [-0.1, -0.05) is 38.3 Å². The van der Waals surface area contributed by atoms with Gasteiger partial charge in [-0.05, 0) is 42.9 Å². The fourth-order valence-electron chi connectivity index (χ4n) is 3.15. The molecule has 1 amide bonds. The normalized spacial score (nSPS) is 16.0. The highest BCUT2D eigenvalue weighted by molar-refractivity contribution is 5.92. The van der Waals surface area contributed by atoms with Crippen molar-refractivity contribution in [3.63, 3.8) is 0 Å². The Labute approximate surface area is 145 Å². The molecule has 1 fully saturated rings. The van der Waals surface area contributed by atoms with E-state index >= 15 is 0 Å². The Morgan fingerprint density at radius 3 is 2.83 bits per heavy atom. The molecule has 1 aliphatic carbocycles. The van der Waals surface area contributed by atoms with Gasteiger partial charge in [-0.3, -0.25) is 9.79 Å². The van der Waals surface area contributed by atoms with Crippen LogP contribution in [0.1, 0.15) is 51.0 Å². The van der Waals surface area contributed by atoms with E-state index in [1.54, 1.807) is 0 Å². The average molecular weight is 330 g/mol. The topological polar surface area (TPSA) is 79.5 Å². The lowest BCUT2D eigenvalue weighted by Crippen LogP contribution is -2.30. The van der Waals surface area contributed by atoms with Crippen LogP contribution in [0.15, 0.2) is 29.3 Å². The average Bonchev–Trinajstić information content (AvgIpc) is 2.60. The number of amides is 1. The molecular weight excluding hydrogens is 300 g/mol. The van der Waals surface area contributed by atoms with Crippen molar-refractivity contribution in [1.82, 2.24) is 5.32 Å². The van der Waals surface area contributed by atoms with E-state index in [9.17, 15) is 4.79 Å². The number of carbonyl (C=O) groups excluding carboxylic acids is 1. The van der Waals surface area contributed by atoms with Crippen LogP contribution >= 0.6 is 0 Å². The number of aliphatic imine (C=N–C) groups is 1. The van der Waals surface area contributed by atoms with Crippen molar-refractivity contribution in [2.45, 2.75) is 51.9 Å². The first-order valence-corrected chi connectivity index (χ1v) is 9.10. The monoisotopic (exact) mass is 330 g/mol. The summed E-state index contributed by atoms with van der Waals surface area (Å²) in [7, 11) is 0. The van der Waals surface area contributed by atoms with Gasteiger partial charge in [0.1, 0.15) is 0 Å². The van der Waals surface area contributed by atoms with Gasteiger partial charge in [-0.25, -0.2) is 0 Å². The van der Waals surface area contributed by atoms with Crippen LogP contribution in [0.4, 0.5) is 5.69 Å². The van der Waals surface area contributed by atoms with E-state index in [2.05, 4.69) is 34.7 Å². The number of hydrogen-bond acceptors (Lipinski definition) is 2. The first-order valence-electron chi connectivity index (χ1n) is 9.10. The van der Waals surface area contributed by atoms with Gasteiger partial charge < -0.3 is 16.4 Å². The third-order valence-corrected chi connectivity index (χ3v) is 4.52. The fraction of sp³-hybridized carbons (Fsp3) is 0.579. The standard InChI is InChI=1S/C19H30N4O/c1-2-15-9-6-10-17(13-15)23-19(20)22-12-11-21-18(24)14-16-7-4-3-5-8-16/h6,9-10,13,16H,2-5,7-8,11-12,14H2,1H3,(H,21,24)(H3,20,22,23). The van der Waals surface area contributed by atoms with Crippen LogP contribution < -0.4 is 16.4 Å². The minimum atomic E-state index is 0.138. The number of benzene rings is 1. The van der Waals surface area contributed by atoms with Gasteiger partial charge in [0.15, 0.2) is 5.96 Å². The van der Waals surface area contributed by atoms with Gasteiger partial charge in [0, 0.05) is 18.7 Å². The SMILES string of the molecule is CCc1cccc(NC(N)=NCCNC(=O)CC2CCCCC2)c1. The molecule has 0 aromatic heterocycles. The van der Waals surface area contributed by atoms with E-state index in [0.29, 0.717) is 31.4 Å². The Morgan fingerprint density at radius 1 is 1.29 bits per heavy atom. The minimum absolute atomic E-state index is 0.138. The molecule has 0 aliphatic heterocycles. The van der Waals surface area contributed by atoms with E-state index in [1.807, 2.05) is 12.1 Å². The van der Waals surface area contributed by atoms with Crippen molar-refractivity contribution in [3.05, 3.63) is 29.8 Å². The number of anilines is 1. The smallest absolute Gasteiger partial charge is 0.220 e. The minimum Gasteiger partial charge on any atom is -0.370 e. The molecule has 0 saturated heterocycles. The van der Waals surface area contributed by atoms with Gasteiger partial charge in [0.2, 0.25) is 5.91 Å². The lowest BCUT2D eigenvalue weighted by Gasteiger charge is -2.20. The molecule has 1 saturated carbocycles. The molecule has 0 heterocycles. The molecule has 1 aliphatic rings. The summed E-state index contributed by atoms with van der Waals surface area (Å²) in [5, 5.41) is 6.02. The molecule has 0 spiro atoms. The summed E-state index contributed by atoms with van der Waals surface area (Å²) in [5.74, 6) is 1.09. The van der Waals surface area contributed by atoms with Crippen molar-refractivity contribution in [2.75, 3.05) is 18.4 Å². The van der Waals surface area contributed by atoms with Crippen LogP contribution in [0.2, 0.25) is 0 Å². The molecule has 0 bridgehead atoms. The zero-order valence-electron chi connectivity index (χ0n) is 14.7. The third kappa shape index (κ3) is 6.60. The number of nitrogens with zero attached hydrogens (tertiary/aromatic N) is 1. The van der Waals surface area contributed by atoms with Crippen molar-refractivity contribution >= 4 is 17.6 Å². The molecule has 4 N–H and O–H groups in total. The molecule has 5 heteroatoms. The Kier molecular flexibility index (Phi) is 7.59. The predicted octanol–water partition coefficient (Wildman–Crippen LogP) is 3.06. The highest BCUT2D eigenvalue weighted by Crippen LogP contribution is 2.25. The van der Waals surface area contributed by atoms with Gasteiger partial charge in [-0.15, -0.1) is 0 Å². The van der Waals surface area contributed by atoms with Gasteiger partial charge in [0.05, 0.1) is 6.54 Å². The fourth-order valence-corrected chi connectivity index (χ4v) is 3.15. The maximum atomic E-state index is 11.9. The number of guanidine groups is 1. The van der Waals surface area contributed by atoms with E-state index in [0.717, 1.165) is 12.1 Å². The third-order valence-electron chi connectivity index (χ3n) is 4.52. The summed E-state index contributed by atoms with van der Waals surface area (Å²) in [6, 6.07) is 8.11. The van der Waals surface area contributed by atoms with Crippen LogP contribution in [0, 0.1) is 5.92 Å². The molecule has 1 aromatic rings. The van der Waals surface area contributed by atoms with Crippen LogP contribution in [-0.4, -0.2) is 25.0 Å². The van der Waals surface area contributed by atoms with Crippen LogP contribution in [0.25, 0.3) is 0 Å². The summed E-state index contributed by atoms with van der Waals surface area (Å²) in [5.41, 5.74) is 8.08. The van der Waals surface area contributed by atoms with E-state index in [-0.39, 0.29) is 5.91 Å². The first-order chi connectivity index (χ1) is 11.7. The molecular formula is C19H30N4O. The molecule has 5 nitrogen and oxygen atoms in total. The van der Waals surface area contributed by atoms with Gasteiger partial charge in [-0.2, -0.15) is 0 Å². The van der Waals surface area contributed by atoms with Crippen LogP contribution in [0.5, 0.6) is 0 Å². The number of aryl methyl sites for hydroxylation is 1. The second-order valence-electron chi connectivity index (χ2n) is 6.50. The summed E-state index contributed by atoms with van der Waals surface area (Å²) in [6.07, 6.45) is 7.88. The molecule has 1 aromatic carbocycles. The molecule has 0 unspecified atom stereocenters. The Hall–Kier alpha value is -2.04. The second-order valence-corrected chi connectivity index (χ2v) is 6.50. The highest BCUT2D eigenvalue weighted by atomic mass is 16.1. The van der Waals surface area contributed by atoms with Gasteiger partial charge >= 0.3 is 0 Å². The number of carbonyl (C=O) groups is 1. The number of rotatable bonds is 7. The van der Waals surface area contributed by atoms with Crippen molar-refractivity contribution in [1.29, 1.82) is 0 Å². The molecule has 132 valence electrons. The number of nitrogens with one attached hydrogen (secondary N) is 2. The lowest BCUT2D eigenvalue weighted by molar-refractivity contribution is -0.122. The van der Waals surface area contributed by atoms with Crippen molar-refractivity contribution in [3.8, 4) is 0 Å². The molecule has 0 radical (unpaired) electrons. The van der Waals surface area contributed by atoms with Crippen LogP contribution in [0.3, 0.4) is 0 Å². The maximum Gasteiger partial charge on any atom is 0.220 e.